The predicted octanol–water partition coefficient (Wildman–Crippen LogP) is 3.54. The van der Waals surface area contributed by atoms with Crippen LogP contribution in [0.1, 0.15) is 35.1 Å². The normalized spacial score (nSPS) is 18.6. The third kappa shape index (κ3) is 3.50. The number of hydrogen-bond acceptors (Lipinski definition) is 1. The second-order valence-corrected chi connectivity index (χ2v) is 7.22. The van der Waals surface area contributed by atoms with E-state index in [-0.39, 0.29) is 38.5 Å². The molecule has 0 N–H and O–H groups in total. The summed E-state index contributed by atoms with van der Waals surface area (Å²) < 4.78 is 0. The van der Waals surface area contributed by atoms with Gasteiger partial charge in [0.25, 0.3) is 0 Å². The van der Waals surface area contributed by atoms with Crippen LogP contribution >= 0.6 is 0 Å². The molecule has 0 aromatic heterocycles. The molecule has 3 aliphatic rings. The average molecular weight is 437 g/mol. The van der Waals surface area contributed by atoms with Crippen LogP contribution < -0.4 is 15.5 Å². The molecule has 2 aromatic rings. The van der Waals surface area contributed by atoms with Crippen LogP contribution in [0.2, 0.25) is 0 Å². The van der Waals surface area contributed by atoms with Crippen molar-refractivity contribution in [2.45, 2.75) is 19.3 Å². The van der Waals surface area contributed by atoms with Crippen LogP contribution in [0, 0.1) is 6.42 Å². The zero-order valence-electron chi connectivity index (χ0n) is 15.7. The Morgan fingerprint density at radius 1 is 0.929 bits per heavy atom. The predicted molar refractivity (Wildman–Crippen MR) is 111 cm³/mol. The van der Waals surface area contributed by atoms with Crippen molar-refractivity contribution in [2.24, 2.45) is 0 Å². The molecule has 0 saturated carbocycles. The molecule has 28 heavy (non-hydrogen) atoms. The summed E-state index contributed by atoms with van der Waals surface area (Å²) in [5.74, 6) is 0.142. The summed E-state index contributed by atoms with van der Waals surface area (Å²) in [6, 6.07) is 12.6. The van der Waals surface area contributed by atoms with Crippen molar-refractivity contribution in [2.75, 3.05) is 0 Å². The zero-order valence-corrected chi connectivity index (χ0v) is 18.5. The summed E-state index contributed by atoms with van der Waals surface area (Å²) in [5.41, 5.74) is 6.62. The minimum absolute atomic E-state index is 0. The van der Waals surface area contributed by atoms with Gasteiger partial charge in [-0.3, -0.25) is 0 Å². The average Bonchev–Trinajstić information content (AvgIpc) is 2.73. The quantitative estimate of drug-likeness (QED) is 0.660. The second kappa shape index (κ2) is 8.11. The van der Waals surface area contributed by atoms with Crippen LogP contribution in [-0.4, -0.2) is 0 Å². The van der Waals surface area contributed by atoms with Gasteiger partial charge in [-0.2, -0.15) is 5.76 Å². The fourth-order valence-electron chi connectivity index (χ4n) is 4.07. The third-order valence-corrected chi connectivity index (χ3v) is 5.49. The molecule has 0 amide bonds. The van der Waals surface area contributed by atoms with Crippen LogP contribution in [0.5, 0.6) is 0 Å². The summed E-state index contributed by atoms with van der Waals surface area (Å²) in [6.07, 6.45) is 20.1. The van der Waals surface area contributed by atoms with E-state index >= 15 is 0 Å². The molecule has 2 heteroatoms. The van der Waals surface area contributed by atoms with Gasteiger partial charge in [0, 0.05) is 32.7 Å². The van der Waals surface area contributed by atoms with Crippen molar-refractivity contribution in [1.29, 1.82) is 0 Å². The Kier molecular flexibility index (Phi) is 5.57. The maximum absolute atomic E-state index is 12.7. The maximum atomic E-state index is 12.7. The van der Waals surface area contributed by atoms with Crippen molar-refractivity contribution in [1.82, 2.24) is 0 Å². The number of benzene rings is 2. The van der Waals surface area contributed by atoms with E-state index in [0.29, 0.717) is 0 Å². The molecule has 5 rings (SSSR count). The molecule has 0 saturated heterocycles. The van der Waals surface area contributed by atoms with Crippen LogP contribution in [0.4, 0.5) is 0 Å². The molecule has 0 unspecified atom stereocenters. The molecule has 0 atom stereocenters. The van der Waals surface area contributed by atoms with Crippen molar-refractivity contribution < 1.29 is 37.8 Å². The van der Waals surface area contributed by atoms with Gasteiger partial charge in [-0.05, 0) is 41.2 Å². The number of hydrogen-bond donors (Lipinski definition) is 0. The molecular formula is C26H20OY-2. The summed E-state index contributed by atoms with van der Waals surface area (Å²) >= 11 is 0. The first kappa shape index (κ1) is 19.2. The van der Waals surface area contributed by atoms with E-state index in [4.69, 9.17) is 0 Å². The largest absolute Gasteiger partial charge is 0.906 e. The summed E-state index contributed by atoms with van der Waals surface area (Å²) in [4.78, 5) is 0. The van der Waals surface area contributed by atoms with Gasteiger partial charge in [-0.25, -0.2) is 0 Å². The molecular weight excluding hydrogens is 417 g/mol. The molecule has 1 nitrogen and oxygen atoms in total. The Balaban J connectivity index is 0.00000192. The van der Waals surface area contributed by atoms with Gasteiger partial charge in [0.15, 0.2) is 0 Å². The molecule has 135 valence electrons. The molecule has 0 fully saturated rings. The van der Waals surface area contributed by atoms with Crippen molar-refractivity contribution in [3.05, 3.63) is 105 Å². The van der Waals surface area contributed by atoms with Gasteiger partial charge >= 0.3 is 0 Å². The molecule has 2 aromatic carbocycles. The van der Waals surface area contributed by atoms with Gasteiger partial charge in [0.2, 0.25) is 0 Å². The Bertz CT molecular complexity index is 1180. The van der Waals surface area contributed by atoms with E-state index in [2.05, 4.69) is 66.8 Å². The first-order valence-electron chi connectivity index (χ1n) is 9.54. The van der Waals surface area contributed by atoms with Gasteiger partial charge in [-0.1, -0.05) is 77.6 Å². The van der Waals surface area contributed by atoms with Crippen LogP contribution in [-0.2, 0) is 39.1 Å². The Hall–Kier alpha value is -2.09. The van der Waals surface area contributed by atoms with Crippen LogP contribution in [0.15, 0.2) is 65.5 Å². The summed E-state index contributed by atoms with van der Waals surface area (Å²) in [7, 11) is 0. The summed E-state index contributed by atoms with van der Waals surface area (Å²) in [5, 5.41) is 15.1. The van der Waals surface area contributed by atoms with E-state index in [9.17, 15) is 5.11 Å². The fourth-order valence-corrected chi connectivity index (χ4v) is 4.07. The Morgan fingerprint density at radius 2 is 1.75 bits per heavy atom. The van der Waals surface area contributed by atoms with Crippen molar-refractivity contribution >= 4 is 30.4 Å². The smallest absolute Gasteiger partial charge is 0 e. The van der Waals surface area contributed by atoms with E-state index < -0.39 is 0 Å². The number of fused-ring (bicyclic) bond motifs is 2. The minimum atomic E-state index is 0. The zero-order chi connectivity index (χ0) is 18.2. The van der Waals surface area contributed by atoms with E-state index in [0.717, 1.165) is 35.6 Å². The Morgan fingerprint density at radius 3 is 2.64 bits per heavy atom. The monoisotopic (exact) mass is 437 g/mol. The van der Waals surface area contributed by atoms with Gasteiger partial charge in [0.1, 0.15) is 0 Å². The molecule has 3 aliphatic carbocycles. The van der Waals surface area contributed by atoms with E-state index in [1.165, 1.54) is 27.5 Å². The second-order valence-electron chi connectivity index (χ2n) is 7.22. The summed E-state index contributed by atoms with van der Waals surface area (Å²) in [6.45, 7) is 0. The minimum Gasteiger partial charge on any atom is -0.906 e. The standard InChI is InChI=1S/C26H21O.Y/c27-26-22(15-20-11-5-9-18-7-1-3-13-24(18)20)17-23(26)16-21-12-6-10-19-8-2-4-14-25(19)21;/h1-2,5-13,15-17,27H,3-4,14H2;/q-1;/p-1/b20-15+,23-16-;. The fraction of sp³-hybridized carbons (Fsp3) is 0.115. The van der Waals surface area contributed by atoms with Gasteiger partial charge < -0.3 is 5.11 Å². The van der Waals surface area contributed by atoms with Crippen LogP contribution in [0.25, 0.3) is 30.4 Å². The molecule has 0 spiro atoms. The third-order valence-electron chi connectivity index (χ3n) is 5.49. The number of allylic oxidation sites excluding steroid dienone is 4. The molecule has 0 heterocycles. The molecule has 0 bridgehead atoms. The van der Waals surface area contributed by atoms with Crippen LogP contribution in [0.3, 0.4) is 0 Å². The van der Waals surface area contributed by atoms with Gasteiger partial charge in [-0.15, -0.1) is 29.7 Å². The molecule has 0 aliphatic heterocycles. The number of rotatable bonds is 2. The van der Waals surface area contributed by atoms with Crippen molar-refractivity contribution in [3.8, 4) is 0 Å². The Labute approximate surface area is 191 Å². The first-order valence-corrected chi connectivity index (χ1v) is 9.54. The van der Waals surface area contributed by atoms with E-state index in [1.54, 1.807) is 0 Å². The van der Waals surface area contributed by atoms with Gasteiger partial charge in [0.05, 0.1) is 0 Å². The molecule has 1 radical (unpaired) electrons. The SMILES string of the molecule is [O-]C1=C(/C=c2\cccc3c2=CCC=C3)[CH-]/C1=C/c1cccc2c1CCC=C2.[Y]. The van der Waals surface area contributed by atoms with Crippen molar-refractivity contribution in [3.63, 3.8) is 0 Å². The topological polar surface area (TPSA) is 23.1 Å². The maximum Gasteiger partial charge on any atom is 0 e. The van der Waals surface area contributed by atoms with E-state index in [1.807, 2.05) is 18.6 Å². The first-order chi connectivity index (χ1) is 13.3.